The molecule has 2 aromatic heterocycles. The monoisotopic (exact) mass is 728 g/mol. The lowest BCUT2D eigenvalue weighted by Crippen LogP contribution is -2.32. The predicted molar refractivity (Wildman–Crippen MR) is 228 cm³/mol. The van der Waals surface area contributed by atoms with Gasteiger partial charge in [-0.3, -0.25) is 0 Å². The molecule has 12 rings (SSSR count). The normalized spacial score (nSPS) is 13.2. The lowest BCUT2D eigenvalue weighted by Gasteiger charge is -2.40. The van der Waals surface area contributed by atoms with Crippen molar-refractivity contribution in [3.63, 3.8) is 0 Å². The smallest absolute Gasteiger partial charge is 0.164 e. The van der Waals surface area contributed by atoms with Crippen LogP contribution in [0.25, 0.3) is 72.8 Å². The van der Waals surface area contributed by atoms with Gasteiger partial charge in [-0.25, -0.2) is 15.0 Å². The van der Waals surface area contributed by atoms with E-state index in [-0.39, 0.29) is 0 Å². The van der Waals surface area contributed by atoms with Crippen LogP contribution in [0, 0.1) is 0 Å². The van der Waals surface area contributed by atoms with Gasteiger partial charge in [-0.15, -0.1) is 0 Å². The standard InChI is InChI=1S/C52H32N4O/c1-3-16-33(17-4-1)49-53-50(34-18-5-2-6-19-34)55-51(54-49)39-23-15-22-38-40-32-35(56-44-26-11-7-20-36(44)37-21-8-12-27-45(37)56)30-31-41(40)52(48(38)39)42-24-9-13-28-46(42)57-47-29-14-10-25-43(47)52/h1-32H. The highest BCUT2D eigenvalue weighted by atomic mass is 16.5. The number of ether oxygens (including phenoxy) is 1. The largest absolute Gasteiger partial charge is 0.457 e. The van der Waals surface area contributed by atoms with E-state index < -0.39 is 5.41 Å². The molecule has 5 heteroatoms. The van der Waals surface area contributed by atoms with E-state index in [0.29, 0.717) is 17.5 Å². The van der Waals surface area contributed by atoms with Crippen LogP contribution in [0.5, 0.6) is 11.5 Å². The number of benzene rings is 8. The predicted octanol–water partition coefficient (Wildman–Crippen LogP) is 12.4. The van der Waals surface area contributed by atoms with E-state index in [1.54, 1.807) is 0 Å². The van der Waals surface area contributed by atoms with Gasteiger partial charge >= 0.3 is 0 Å². The molecule has 2 aliphatic rings. The van der Waals surface area contributed by atoms with Crippen molar-refractivity contribution >= 4 is 21.8 Å². The minimum Gasteiger partial charge on any atom is -0.457 e. The van der Waals surface area contributed by atoms with Crippen LogP contribution in [-0.4, -0.2) is 19.5 Å². The molecule has 0 bridgehead atoms. The first kappa shape index (κ1) is 31.7. The number of para-hydroxylation sites is 4. The zero-order valence-corrected chi connectivity index (χ0v) is 30.7. The molecule has 10 aromatic rings. The molecule has 0 unspecified atom stereocenters. The fourth-order valence-corrected chi connectivity index (χ4v) is 9.41. The summed E-state index contributed by atoms with van der Waals surface area (Å²) in [5, 5.41) is 2.47. The third kappa shape index (κ3) is 4.54. The summed E-state index contributed by atoms with van der Waals surface area (Å²) in [6.07, 6.45) is 0. The molecule has 57 heavy (non-hydrogen) atoms. The van der Waals surface area contributed by atoms with Crippen molar-refractivity contribution in [2.45, 2.75) is 5.41 Å². The molecular weight excluding hydrogens is 697 g/mol. The maximum atomic E-state index is 6.73. The molecule has 5 nitrogen and oxygen atoms in total. The molecule has 0 atom stereocenters. The number of nitrogens with zero attached hydrogens (tertiary/aromatic N) is 4. The summed E-state index contributed by atoms with van der Waals surface area (Å²) in [6, 6.07) is 68.3. The van der Waals surface area contributed by atoms with Crippen molar-refractivity contribution in [1.82, 2.24) is 19.5 Å². The molecule has 0 radical (unpaired) electrons. The van der Waals surface area contributed by atoms with Crippen molar-refractivity contribution in [2.75, 3.05) is 0 Å². The van der Waals surface area contributed by atoms with Crippen LogP contribution in [0.1, 0.15) is 22.3 Å². The molecule has 1 aliphatic heterocycles. The molecule has 0 saturated heterocycles. The van der Waals surface area contributed by atoms with Gasteiger partial charge in [0.15, 0.2) is 17.5 Å². The van der Waals surface area contributed by atoms with Gasteiger partial charge in [-0.05, 0) is 58.7 Å². The molecule has 266 valence electrons. The van der Waals surface area contributed by atoms with E-state index in [1.165, 1.54) is 32.9 Å². The van der Waals surface area contributed by atoms with Crippen LogP contribution in [0.15, 0.2) is 194 Å². The number of rotatable bonds is 4. The summed E-state index contributed by atoms with van der Waals surface area (Å²) in [4.78, 5) is 15.7. The van der Waals surface area contributed by atoms with Gasteiger partial charge in [0.1, 0.15) is 11.5 Å². The lowest BCUT2D eigenvalue weighted by molar-refractivity contribution is 0.436. The summed E-state index contributed by atoms with van der Waals surface area (Å²) in [5.74, 6) is 3.55. The molecule has 0 fully saturated rings. The number of aromatic nitrogens is 4. The Hall–Kier alpha value is -7.63. The van der Waals surface area contributed by atoms with E-state index >= 15 is 0 Å². The molecule has 0 N–H and O–H groups in total. The molecule has 1 aliphatic carbocycles. The first-order valence-electron chi connectivity index (χ1n) is 19.3. The molecule has 0 amide bonds. The Bertz CT molecular complexity index is 3070. The topological polar surface area (TPSA) is 52.8 Å². The fourth-order valence-electron chi connectivity index (χ4n) is 9.41. The molecule has 0 saturated carbocycles. The maximum Gasteiger partial charge on any atom is 0.164 e. The Kier molecular flexibility index (Phi) is 6.78. The highest BCUT2D eigenvalue weighted by molar-refractivity contribution is 6.09. The van der Waals surface area contributed by atoms with Crippen molar-refractivity contribution in [3.8, 4) is 62.5 Å². The van der Waals surface area contributed by atoms with Crippen LogP contribution in [0.2, 0.25) is 0 Å². The van der Waals surface area contributed by atoms with E-state index in [0.717, 1.165) is 56.1 Å². The van der Waals surface area contributed by atoms with E-state index in [2.05, 4.69) is 162 Å². The molecule has 3 heterocycles. The van der Waals surface area contributed by atoms with Crippen molar-refractivity contribution in [1.29, 1.82) is 0 Å². The third-order valence-electron chi connectivity index (χ3n) is 11.7. The fraction of sp³-hybridized carbons (Fsp3) is 0.0192. The minimum absolute atomic E-state index is 0.621. The summed E-state index contributed by atoms with van der Waals surface area (Å²) < 4.78 is 9.13. The van der Waals surface area contributed by atoms with Crippen molar-refractivity contribution in [3.05, 3.63) is 216 Å². The quantitative estimate of drug-likeness (QED) is 0.181. The first-order valence-corrected chi connectivity index (χ1v) is 19.3. The Morgan fingerprint density at radius 2 is 0.895 bits per heavy atom. The van der Waals surface area contributed by atoms with E-state index in [4.69, 9.17) is 19.7 Å². The Morgan fingerprint density at radius 1 is 0.386 bits per heavy atom. The summed E-state index contributed by atoms with van der Waals surface area (Å²) in [7, 11) is 0. The van der Waals surface area contributed by atoms with Gasteiger partial charge in [0.05, 0.1) is 16.4 Å². The second kappa shape index (κ2) is 12.2. The zero-order valence-electron chi connectivity index (χ0n) is 30.7. The Labute approximate surface area is 329 Å². The van der Waals surface area contributed by atoms with Gasteiger partial charge in [-0.1, -0.05) is 158 Å². The average molecular weight is 729 g/mol. The van der Waals surface area contributed by atoms with Crippen LogP contribution in [0.3, 0.4) is 0 Å². The molecule has 1 spiro atoms. The maximum absolute atomic E-state index is 6.73. The minimum atomic E-state index is -0.738. The second-order valence-electron chi connectivity index (χ2n) is 14.7. The highest BCUT2D eigenvalue weighted by Crippen LogP contribution is 2.64. The highest BCUT2D eigenvalue weighted by Gasteiger charge is 2.52. The number of fused-ring (bicyclic) bond motifs is 12. The van der Waals surface area contributed by atoms with Crippen molar-refractivity contribution in [2.24, 2.45) is 0 Å². The van der Waals surface area contributed by atoms with Crippen LogP contribution in [-0.2, 0) is 5.41 Å². The van der Waals surface area contributed by atoms with Gasteiger partial charge in [0.25, 0.3) is 0 Å². The van der Waals surface area contributed by atoms with E-state index in [1.807, 2.05) is 36.4 Å². The van der Waals surface area contributed by atoms with Gasteiger partial charge in [0.2, 0.25) is 0 Å². The number of hydrogen-bond acceptors (Lipinski definition) is 4. The van der Waals surface area contributed by atoms with Crippen LogP contribution < -0.4 is 4.74 Å². The molecule has 8 aromatic carbocycles. The first-order chi connectivity index (χ1) is 28.3. The Morgan fingerprint density at radius 3 is 1.51 bits per heavy atom. The van der Waals surface area contributed by atoms with Gasteiger partial charge < -0.3 is 9.30 Å². The third-order valence-corrected chi connectivity index (χ3v) is 11.7. The summed E-state index contributed by atoms with van der Waals surface area (Å²) in [5.41, 5.74) is 12.3. The van der Waals surface area contributed by atoms with Crippen LogP contribution >= 0.6 is 0 Å². The van der Waals surface area contributed by atoms with Gasteiger partial charge in [-0.2, -0.15) is 0 Å². The van der Waals surface area contributed by atoms with Crippen molar-refractivity contribution < 1.29 is 4.74 Å². The SMILES string of the molecule is c1ccc(-c2nc(-c3ccccc3)nc(-c3cccc4c3C3(c5ccccc5Oc5ccccc53)c3ccc(-n5c6ccccc6c6ccccc65)cc3-4)n2)cc1. The Balaban J connectivity index is 1.20. The summed E-state index contributed by atoms with van der Waals surface area (Å²) >= 11 is 0. The van der Waals surface area contributed by atoms with E-state index in [9.17, 15) is 0 Å². The summed E-state index contributed by atoms with van der Waals surface area (Å²) in [6.45, 7) is 0. The average Bonchev–Trinajstić information content (AvgIpc) is 3.77. The molecular formula is C52H32N4O. The van der Waals surface area contributed by atoms with Crippen LogP contribution in [0.4, 0.5) is 0 Å². The van der Waals surface area contributed by atoms with Gasteiger partial charge in [0, 0.05) is 44.3 Å². The number of hydrogen-bond donors (Lipinski definition) is 0. The lowest BCUT2D eigenvalue weighted by atomic mass is 9.65. The zero-order chi connectivity index (χ0) is 37.5. The second-order valence-corrected chi connectivity index (χ2v) is 14.7.